The Bertz CT molecular complexity index is 1210. The predicted molar refractivity (Wildman–Crippen MR) is 135 cm³/mol. The Labute approximate surface area is 205 Å². The Kier molecular flexibility index (Phi) is 7.36. The van der Waals surface area contributed by atoms with E-state index in [1.54, 1.807) is 0 Å². The van der Waals surface area contributed by atoms with Gasteiger partial charge in [0.05, 0.1) is 11.8 Å². The molecule has 0 saturated carbocycles. The average molecular weight is 478 g/mol. The third-order valence-electron chi connectivity index (χ3n) is 6.24. The van der Waals surface area contributed by atoms with Gasteiger partial charge >= 0.3 is 0 Å². The van der Waals surface area contributed by atoms with E-state index in [-0.39, 0.29) is 23.6 Å². The molecule has 0 spiro atoms. The van der Waals surface area contributed by atoms with Crippen LogP contribution in [-0.4, -0.2) is 43.8 Å². The van der Waals surface area contributed by atoms with Crippen molar-refractivity contribution in [3.05, 3.63) is 70.5 Å². The number of carbonyl (C=O) groups is 2. The third kappa shape index (κ3) is 5.01. The lowest BCUT2D eigenvalue weighted by Gasteiger charge is -2.25. The number of benzene rings is 2. The Morgan fingerprint density at radius 3 is 2.62 bits per heavy atom. The molecule has 0 radical (unpaired) electrons. The lowest BCUT2D eigenvalue weighted by molar-refractivity contribution is -0.113. The van der Waals surface area contributed by atoms with E-state index in [9.17, 15) is 9.59 Å². The van der Waals surface area contributed by atoms with Gasteiger partial charge in [-0.3, -0.25) is 9.59 Å². The lowest BCUT2D eigenvalue weighted by Crippen LogP contribution is -2.32. The molecule has 1 unspecified atom stereocenters. The van der Waals surface area contributed by atoms with Gasteiger partial charge < -0.3 is 14.8 Å². The maximum Gasteiger partial charge on any atom is 0.254 e. The van der Waals surface area contributed by atoms with Gasteiger partial charge in [0.15, 0.2) is 11.0 Å². The zero-order valence-electron chi connectivity index (χ0n) is 20.2. The number of aryl methyl sites for hydroxylation is 3. The maximum atomic E-state index is 13.3. The van der Waals surface area contributed by atoms with E-state index in [4.69, 9.17) is 0 Å². The maximum absolute atomic E-state index is 13.3. The van der Waals surface area contributed by atoms with Crippen molar-refractivity contribution in [3.8, 4) is 0 Å². The van der Waals surface area contributed by atoms with Crippen LogP contribution >= 0.6 is 11.8 Å². The first kappa shape index (κ1) is 24.0. The van der Waals surface area contributed by atoms with Crippen molar-refractivity contribution in [2.45, 2.75) is 58.3 Å². The van der Waals surface area contributed by atoms with Crippen LogP contribution in [-0.2, 0) is 11.3 Å². The smallest absolute Gasteiger partial charge is 0.254 e. The highest BCUT2D eigenvalue weighted by Gasteiger charge is 2.35. The molecular formula is C26H31N5O2S. The second-order valence-corrected chi connectivity index (χ2v) is 9.65. The Hall–Kier alpha value is -3.13. The molecule has 1 aromatic heterocycles. The van der Waals surface area contributed by atoms with Crippen LogP contribution in [0.15, 0.2) is 47.6 Å². The van der Waals surface area contributed by atoms with Gasteiger partial charge in [-0.15, -0.1) is 10.2 Å². The summed E-state index contributed by atoms with van der Waals surface area (Å²) < 4.78 is 2.03. The van der Waals surface area contributed by atoms with E-state index in [2.05, 4.69) is 15.5 Å². The van der Waals surface area contributed by atoms with Crippen LogP contribution in [0.4, 0.5) is 5.69 Å². The first-order valence-electron chi connectivity index (χ1n) is 11.7. The largest absolute Gasteiger partial charge is 0.328 e. The number of anilines is 1. The molecule has 0 bridgehead atoms. The number of carbonyl (C=O) groups excluding carboxylic acids is 2. The minimum absolute atomic E-state index is 0.0355. The number of hydrogen-bond acceptors (Lipinski definition) is 5. The number of amides is 2. The van der Waals surface area contributed by atoms with E-state index < -0.39 is 0 Å². The summed E-state index contributed by atoms with van der Waals surface area (Å²) in [6.45, 7) is 9.40. The highest BCUT2D eigenvalue weighted by Crippen LogP contribution is 2.34. The fraction of sp³-hybridized carbons (Fsp3) is 0.385. The molecule has 1 saturated heterocycles. The van der Waals surface area contributed by atoms with E-state index in [0.717, 1.165) is 46.6 Å². The SMILES string of the molecule is CCn1c(SCC(=O)Nc2ccc(C)cc2C)nnc1C1CCCN1C(=O)c1ccccc1C. The Balaban J connectivity index is 1.47. The summed E-state index contributed by atoms with van der Waals surface area (Å²) in [5.74, 6) is 0.982. The van der Waals surface area contributed by atoms with Crippen LogP contribution in [0.3, 0.4) is 0 Å². The number of rotatable bonds is 7. The zero-order chi connectivity index (χ0) is 24.2. The van der Waals surface area contributed by atoms with E-state index in [1.807, 2.05) is 79.6 Å². The van der Waals surface area contributed by atoms with E-state index in [1.165, 1.54) is 11.8 Å². The number of hydrogen-bond donors (Lipinski definition) is 1. The van der Waals surface area contributed by atoms with Crippen molar-refractivity contribution >= 4 is 29.3 Å². The lowest BCUT2D eigenvalue weighted by atomic mass is 10.1. The standard InChI is InChI=1S/C26H31N5O2S/c1-5-30-24(22-11-8-14-31(22)25(33)20-10-7-6-9-18(20)3)28-29-26(30)34-16-23(32)27-21-13-12-17(2)15-19(21)4/h6-7,9-10,12-13,15,22H,5,8,11,14,16H2,1-4H3,(H,27,32). The molecule has 1 N–H and O–H groups in total. The van der Waals surface area contributed by atoms with Gasteiger partial charge in [0.2, 0.25) is 5.91 Å². The van der Waals surface area contributed by atoms with Gasteiger partial charge in [-0.05, 0) is 63.8 Å². The summed E-state index contributed by atoms with van der Waals surface area (Å²) in [5.41, 5.74) is 4.73. The van der Waals surface area contributed by atoms with Gasteiger partial charge in [-0.2, -0.15) is 0 Å². The fourth-order valence-electron chi connectivity index (χ4n) is 4.47. The molecule has 7 nitrogen and oxygen atoms in total. The topological polar surface area (TPSA) is 80.1 Å². The van der Waals surface area contributed by atoms with Crippen LogP contribution in [0.25, 0.3) is 0 Å². The van der Waals surface area contributed by atoms with Crippen molar-refractivity contribution in [1.29, 1.82) is 0 Å². The molecule has 3 aromatic rings. The molecule has 8 heteroatoms. The molecule has 178 valence electrons. The number of nitrogens with zero attached hydrogens (tertiary/aromatic N) is 4. The van der Waals surface area contributed by atoms with Gasteiger partial charge in [0.25, 0.3) is 5.91 Å². The zero-order valence-corrected chi connectivity index (χ0v) is 21.0. The van der Waals surface area contributed by atoms with Crippen LogP contribution < -0.4 is 5.32 Å². The molecular weight excluding hydrogens is 446 g/mol. The minimum Gasteiger partial charge on any atom is -0.328 e. The fourth-order valence-corrected chi connectivity index (χ4v) is 5.28. The molecule has 1 fully saturated rings. The molecule has 2 heterocycles. The number of likely N-dealkylation sites (tertiary alicyclic amines) is 1. The highest BCUT2D eigenvalue weighted by atomic mass is 32.2. The monoisotopic (exact) mass is 477 g/mol. The second kappa shape index (κ2) is 10.4. The quantitative estimate of drug-likeness (QED) is 0.488. The highest BCUT2D eigenvalue weighted by molar-refractivity contribution is 7.99. The normalized spacial score (nSPS) is 15.5. The number of thioether (sulfide) groups is 1. The van der Waals surface area contributed by atoms with Crippen molar-refractivity contribution < 1.29 is 9.59 Å². The van der Waals surface area contributed by atoms with E-state index >= 15 is 0 Å². The first-order valence-corrected chi connectivity index (χ1v) is 12.7. The van der Waals surface area contributed by atoms with Crippen LogP contribution in [0.1, 0.15) is 58.7 Å². The number of nitrogens with one attached hydrogen (secondary N) is 1. The number of aromatic nitrogens is 3. The summed E-state index contributed by atoms with van der Waals surface area (Å²) >= 11 is 1.37. The average Bonchev–Trinajstić information content (AvgIpc) is 3.46. The van der Waals surface area contributed by atoms with Gasteiger partial charge in [0, 0.05) is 24.3 Å². The van der Waals surface area contributed by atoms with Gasteiger partial charge in [0.1, 0.15) is 0 Å². The van der Waals surface area contributed by atoms with E-state index in [0.29, 0.717) is 18.2 Å². The minimum atomic E-state index is -0.113. The second-order valence-electron chi connectivity index (χ2n) is 8.71. The van der Waals surface area contributed by atoms with Gasteiger partial charge in [-0.25, -0.2) is 0 Å². The molecule has 2 aromatic carbocycles. The van der Waals surface area contributed by atoms with Crippen LogP contribution in [0.2, 0.25) is 0 Å². The summed E-state index contributed by atoms with van der Waals surface area (Å²) in [7, 11) is 0. The molecule has 1 aliphatic heterocycles. The molecule has 34 heavy (non-hydrogen) atoms. The van der Waals surface area contributed by atoms with Gasteiger partial charge in [-0.1, -0.05) is 47.7 Å². The van der Waals surface area contributed by atoms with Crippen molar-refractivity contribution in [1.82, 2.24) is 19.7 Å². The van der Waals surface area contributed by atoms with Crippen molar-refractivity contribution in [2.75, 3.05) is 17.6 Å². The third-order valence-corrected chi connectivity index (χ3v) is 7.20. The summed E-state index contributed by atoms with van der Waals surface area (Å²) in [6, 6.07) is 13.5. The molecule has 0 aliphatic carbocycles. The molecule has 1 aliphatic rings. The Morgan fingerprint density at radius 2 is 1.88 bits per heavy atom. The summed E-state index contributed by atoms with van der Waals surface area (Å²) in [5, 5.41) is 12.5. The summed E-state index contributed by atoms with van der Waals surface area (Å²) in [4.78, 5) is 27.8. The molecule has 4 rings (SSSR count). The van der Waals surface area contributed by atoms with Crippen molar-refractivity contribution in [2.24, 2.45) is 0 Å². The van der Waals surface area contributed by atoms with Crippen molar-refractivity contribution in [3.63, 3.8) is 0 Å². The molecule has 1 atom stereocenters. The van der Waals surface area contributed by atoms with Crippen LogP contribution in [0.5, 0.6) is 0 Å². The molecule has 2 amide bonds. The predicted octanol–water partition coefficient (Wildman–Crippen LogP) is 4.93. The summed E-state index contributed by atoms with van der Waals surface area (Å²) in [6.07, 6.45) is 1.78. The Morgan fingerprint density at radius 1 is 1.09 bits per heavy atom. The van der Waals surface area contributed by atoms with Crippen LogP contribution in [0, 0.1) is 20.8 Å². The first-order chi connectivity index (χ1) is 16.4.